The van der Waals surface area contributed by atoms with Crippen LogP contribution in [0.25, 0.3) is 6.08 Å². The number of anilines is 2. The minimum atomic E-state index is -0.522. The summed E-state index contributed by atoms with van der Waals surface area (Å²) < 4.78 is 5.80. The van der Waals surface area contributed by atoms with E-state index < -0.39 is 6.10 Å². The number of amides is 2. The molecule has 1 saturated heterocycles. The van der Waals surface area contributed by atoms with Crippen molar-refractivity contribution in [3.05, 3.63) is 59.1 Å². The van der Waals surface area contributed by atoms with Gasteiger partial charge in [-0.1, -0.05) is 30.2 Å². The number of fused-ring (bicyclic) bond motifs is 1. The molecule has 0 aromatic heterocycles. The third-order valence-corrected chi connectivity index (χ3v) is 6.07. The summed E-state index contributed by atoms with van der Waals surface area (Å²) in [6.07, 6.45) is 6.38. The Labute approximate surface area is 193 Å². The number of carbonyl (C=O) groups is 2. The van der Waals surface area contributed by atoms with Gasteiger partial charge < -0.3 is 19.9 Å². The molecule has 168 valence electrons. The maximum absolute atomic E-state index is 12.9. The van der Waals surface area contributed by atoms with E-state index in [0.717, 1.165) is 25.2 Å². The monoisotopic (exact) mass is 453 g/mol. The van der Waals surface area contributed by atoms with Crippen LogP contribution in [0, 0.1) is 0 Å². The molecule has 7 heteroatoms. The van der Waals surface area contributed by atoms with E-state index in [-0.39, 0.29) is 11.8 Å². The summed E-state index contributed by atoms with van der Waals surface area (Å²) >= 11 is 5.89. The molecule has 2 aliphatic heterocycles. The van der Waals surface area contributed by atoms with Gasteiger partial charge in [0.05, 0.1) is 5.69 Å². The van der Waals surface area contributed by atoms with Gasteiger partial charge in [0, 0.05) is 29.9 Å². The van der Waals surface area contributed by atoms with E-state index in [4.69, 9.17) is 16.3 Å². The summed E-state index contributed by atoms with van der Waals surface area (Å²) in [7, 11) is 0. The van der Waals surface area contributed by atoms with Crippen molar-refractivity contribution in [3.63, 3.8) is 0 Å². The van der Waals surface area contributed by atoms with E-state index in [9.17, 15) is 9.59 Å². The highest BCUT2D eigenvalue weighted by atomic mass is 35.5. The van der Waals surface area contributed by atoms with E-state index >= 15 is 0 Å². The molecule has 2 aliphatic rings. The Kier molecular flexibility index (Phi) is 7.12. The minimum absolute atomic E-state index is 0.0550. The molecule has 1 fully saturated rings. The second-order valence-corrected chi connectivity index (χ2v) is 8.65. The fraction of sp³-hybridized carbons (Fsp3) is 0.360. The number of hydrogen-bond donors (Lipinski definition) is 1. The first-order valence-electron chi connectivity index (χ1n) is 11.1. The first kappa shape index (κ1) is 22.4. The highest BCUT2D eigenvalue weighted by molar-refractivity contribution is 6.30. The molecule has 0 bridgehead atoms. The first-order valence-corrected chi connectivity index (χ1v) is 11.5. The molecular weight excluding hydrogens is 426 g/mol. The number of rotatable bonds is 6. The van der Waals surface area contributed by atoms with Gasteiger partial charge >= 0.3 is 0 Å². The van der Waals surface area contributed by atoms with Crippen molar-refractivity contribution in [1.29, 1.82) is 0 Å². The Morgan fingerprint density at radius 3 is 2.62 bits per heavy atom. The van der Waals surface area contributed by atoms with Crippen LogP contribution in [0.1, 0.15) is 31.7 Å². The number of ether oxygens (including phenoxy) is 1. The lowest BCUT2D eigenvalue weighted by Crippen LogP contribution is -2.48. The zero-order chi connectivity index (χ0) is 22.5. The summed E-state index contributed by atoms with van der Waals surface area (Å²) in [6, 6.07) is 12.6. The molecule has 6 nitrogen and oxygen atoms in total. The van der Waals surface area contributed by atoms with Crippen LogP contribution in [0.15, 0.2) is 48.5 Å². The van der Waals surface area contributed by atoms with Crippen molar-refractivity contribution in [3.8, 4) is 5.75 Å². The third kappa shape index (κ3) is 5.50. The molecule has 32 heavy (non-hydrogen) atoms. The van der Waals surface area contributed by atoms with Crippen LogP contribution in [0.3, 0.4) is 0 Å². The van der Waals surface area contributed by atoms with E-state index in [2.05, 4.69) is 10.2 Å². The number of hydrogen-bond acceptors (Lipinski definition) is 4. The van der Waals surface area contributed by atoms with E-state index in [1.165, 1.54) is 25.3 Å². The van der Waals surface area contributed by atoms with Gasteiger partial charge in [-0.15, -0.1) is 0 Å². The molecular formula is C25H28ClN3O3. The average molecular weight is 454 g/mol. The average Bonchev–Trinajstić information content (AvgIpc) is 2.80. The minimum Gasteiger partial charge on any atom is -0.479 e. The smallest absolute Gasteiger partial charge is 0.267 e. The number of nitrogens with one attached hydrogen (secondary N) is 1. The molecule has 0 aliphatic carbocycles. The van der Waals surface area contributed by atoms with Gasteiger partial charge in [0.2, 0.25) is 5.91 Å². The van der Waals surface area contributed by atoms with E-state index in [1.807, 2.05) is 24.3 Å². The zero-order valence-electron chi connectivity index (χ0n) is 18.2. The van der Waals surface area contributed by atoms with Crippen LogP contribution in [0.5, 0.6) is 5.75 Å². The third-order valence-electron chi connectivity index (χ3n) is 5.82. The standard InChI is InChI=1S/C25H28ClN3O3/c1-18-25(31)29(16-15-28-13-3-2-4-14-28)22-17-21(10-11-23(22)32-18)27-24(30)12-7-19-5-8-20(26)9-6-19/h5-12,17-18H,2-4,13-16H2,1H3,(H,27,30)/b12-7+. The van der Waals surface area contributed by atoms with Gasteiger partial charge in [-0.05, 0) is 74.8 Å². The van der Waals surface area contributed by atoms with Crippen molar-refractivity contribution in [2.24, 2.45) is 0 Å². The quantitative estimate of drug-likeness (QED) is 0.650. The number of benzene rings is 2. The largest absolute Gasteiger partial charge is 0.479 e. The molecule has 0 spiro atoms. The van der Waals surface area contributed by atoms with Crippen LogP contribution in [-0.2, 0) is 9.59 Å². The number of carbonyl (C=O) groups excluding carboxylic acids is 2. The Morgan fingerprint density at radius 2 is 1.88 bits per heavy atom. The first-order chi connectivity index (χ1) is 15.5. The van der Waals surface area contributed by atoms with Crippen LogP contribution in [-0.4, -0.2) is 49.0 Å². The number of piperidine rings is 1. The lowest BCUT2D eigenvalue weighted by Gasteiger charge is -2.35. The second-order valence-electron chi connectivity index (χ2n) is 8.21. The van der Waals surface area contributed by atoms with Crippen molar-refractivity contribution < 1.29 is 14.3 Å². The second kappa shape index (κ2) is 10.2. The van der Waals surface area contributed by atoms with Crippen LogP contribution >= 0.6 is 11.6 Å². The van der Waals surface area contributed by atoms with Crippen molar-refractivity contribution in [2.45, 2.75) is 32.3 Å². The van der Waals surface area contributed by atoms with Gasteiger partial charge in [-0.2, -0.15) is 0 Å². The molecule has 2 heterocycles. The van der Waals surface area contributed by atoms with Crippen LogP contribution in [0.2, 0.25) is 5.02 Å². The summed E-state index contributed by atoms with van der Waals surface area (Å²) in [5.74, 6) is 0.349. The molecule has 1 N–H and O–H groups in total. The fourth-order valence-corrected chi connectivity index (χ4v) is 4.20. The summed E-state index contributed by atoms with van der Waals surface area (Å²) in [4.78, 5) is 29.5. The number of halogens is 1. The molecule has 0 radical (unpaired) electrons. The number of likely N-dealkylation sites (tertiary alicyclic amines) is 1. The molecule has 1 unspecified atom stereocenters. The summed E-state index contributed by atoms with van der Waals surface area (Å²) in [6.45, 7) is 5.37. The molecule has 2 amide bonds. The van der Waals surface area contributed by atoms with Crippen molar-refractivity contribution in [1.82, 2.24) is 4.90 Å². The highest BCUT2D eigenvalue weighted by Gasteiger charge is 2.32. The van der Waals surface area contributed by atoms with Crippen LogP contribution < -0.4 is 15.0 Å². The van der Waals surface area contributed by atoms with E-state index in [0.29, 0.717) is 28.7 Å². The van der Waals surface area contributed by atoms with Gasteiger partial charge in [-0.25, -0.2) is 0 Å². The molecule has 4 rings (SSSR count). The predicted octanol–water partition coefficient (Wildman–Crippen LogP) is 4.59. The van der Waals surface area contributed by atoms with Gasteiger partial charge in [0.1, 0.15) is 5.75 Å². The SMILES string of the molecule is CC1Oc2ccc(NC(=O)/C=C/c3ccc(Cl)cc3)cc2N(CCN2CCCCC2)C1=O. The lowest BCUT2D eigenvalue weighted by atomic mass is 10.1. The molecule has 2 aromatic carbocycles. The highest BCUT2D eigenvalue weighted by Crippen LogP contribution is 2.36. The number of nitrogens with zero attached hydrogens (tertiary/aromatic N) is 2. The molecule has 0 saturated carbocycles. The van der Waals surface area contributed by atoms with Crippen molar-refractivity contribution >= 4 is 40.9 Å². The topological polar surface area (TPSA) is 61.9 Å². The summed E-state index contributed by atoms with van der Waals surface area (Å²) in [5.41, 5.74) is 2.19. The van der Waals surface area contributed by atoms with Gasteiger partial charge in [-0.3, -0.25) is 9.59 Å². The Balaban J connectivity index is 1.46. The zero-order valence-corrected chi connectivity index (χ0v) is 19.0. The maximum atomic E-state index is 12.9. The fourth-order valence-electron chi connectivity index (χ4n) is 4.07. The van der Waals surface area contributed by atoms with E-state index in [1.54, 1.807) is 36.1 Å². The maximum Gasteiger partial charge on any atom is 0.267 e. The Bertz CT molecular complexity index is 1000. The molecule has 2 aromatic rings. The van der Waals surface area contributed by atoms with Gasteiger partial charge in [0.15, 0.2) is 6.10 Å². The Hall–Kier alpha value is -2.83. The lowest BCUT2D eigenvalue weighted by molar-refractivity contribution is -0.125. The summed E-state index contributed by atoms with van der Waals surface area (Å²) in [5, 5.41) is 3.52. The van der Waals surface area contributed by atoms with Gasteiger partial charge in [0.25, 0.3) is 5.91 Å². The normalized spacial score (nSPS) is 19.0. The van der Waals surface area contributed by atoms with Crippen LogP contribution in [0.4, 0.5) is 11.4 Å². The molecule has 1 atom stereocenters. The predicted molar refractivity (Wildman–Crippen MR) is 128 cm³/mol. The van der Waals surface area contributed by atoms with Crippen molar-refractivity contribution in [2.75, 3.05) is 36.4 Å². The Morgan fingerprint density at radius 1 is 1.12 bits per heavy atom.